The Bertz CT molecular complexity index is 469. The van der Waals surface area contributed by atoms with Crippen molar-refractivity contribution < 1.29 is 9.53 Å². The molecule has 124 valence electrons. The number of hydrogen-bond donors (Lipinski definition) is 1. The number of nitrogens with two attached hydrogens (primary N) is 1. The van der Waals surface area contributed by atoms with Crippen LogP contribution in [0.25, 0.3) is 0 Å². The number of benzene rings is 1. The highest BCUT2D eigenvalue weighted by Gasteiger charge is 2.32. The van der Waals surface area contributed by atoms with Crippen molar-refractivity contribution in [3.63, 3.8) is 0 Å². The van der Waals surface area contributed by atoms with Crippen molar-refractivity contribution in [3.05, 3.63) is 35.9 Å². The molecule has 1 aliphatic rings. The normalized spacial score (nSPS) is 24.3. The Hall–Kier alpha value is -1.10. The molecule has 1 heterocycles. The van der Waals surface area contributed by atoms with E-state index < -0.39 is 0 Å². The van der Waals surface area contributed by atoms with E-state index in [1.807, 2.05) is 49.1 Å². The maximum absolute atomic E-state index is 12.7. The van der Waals surface area contributed by atoms with E-state index in [9.17, 15) is 4.79 Å². The molecule has 1 aromatic rings. The number of carbonyl (C=O) groups excluding carboxylic acids is 1. The lowest BCUT2D eigenvalue weighted by Crippen LogP contribution is -2.51. The molecular formula is C17H27ClN2O2. The molecule has 1 fully saturated rings. The standard InChI is InChI=1S/C17H26N2O2.ClH/c1-4-15-11-19(10-12(2)21-15)17(20)13(3)16(18)14-8-6-5-7-9-14;/h5-9,12-13,15-16H,4,10-11,18H2,1-3H3;1H. The highest BCUT2D eigenvalue weighted by molar-refractivity contribution is 5.85. The van der Waals surface area contributed by atoms with Crippen LogP contribution >= 0.6 is 12.4 Å². The quantitative estimate of drug-likeness (QED) is 0.925. The maximum atomic E-state index is 12.7. The summed E-state index contributed by atoms with van der Waals surface area (Å²) in [5.74, 6) is -0.102. The van der Waals surface area contributed by atoms with Crippen molar-refractivity contribution in [2.24, 2.45) is 11.7 Å². The molecule has 0 spiro atoms. The molecule has 5 heteroatoms. The first kappa shape index (κ1) is 18.9. The van der Waals surface area contributed by atoms with Crippen LogP contribution < -0.4 is 5.73 Å². The van der Waals surface area contributed by atoms with E-state index >= 15 is 0 Å². The van der Waals surface area contributed by atoms with Crippen LogP contribution in [-0.4, -0.2) is 36.1 Å². The number of morpholine rings is 1. The van der Waals surface area contributed by atoms with E-state index in [0.29, 0.717) is 13.1 Å². The lowest BCUT2D eigenvalue weighted by Gasteiger charge is -2.38. The molecule has 1 aromatic carbocycles. The third-order valence-corrected chi connectivity index (χ3v) is 4.21. The first-order valence-electron chi connectivity index (χ1n) is 7.77. The zero-order valence-electron chi connectivity index (χ0n) is 13.6. The summed E-state index contributed by atoms with van der Waals surface area (Å²) in [5.41, 5.74) is 7.28. The van der Waals surface area contributed by atoms with Gasteiger partial charge in [0.25, 0.3) is 0 Å². The molecule has 0 saturated carbocycles. The van der Waals surface area contributed by atoms with Gasteiger partial charge in [0.2, 0.25) is 5.91 Å². The molecule has 4 atom stereocenters. The summed E-state index contributed by atoms with van der Waals surface area (Å²) < 4.78 is 5.82. The van der Waals surface area contributed by atoms with E-state index in [1.54, 1.807) is 0 Å². The van der Waals surface area contributed by atoms with Gasteiger partial charge in [0.05, 0.1) is 18.1 Å². The summed E-state index contributed by atoms with van der Waals surface area (Å²) >= 11 is 0. The van der Waals surface area contributed by atoms with Gasteiger partial charge in [-0.25, -0.2) is 0 Å². The Morgan fingerprint density at radius 2 is 2.00 bits per heavy atom. The number of carbonyl (C=O) groups is 1. The van der Waals surface area contributed by atoms with Gasteiger partial charge in [0.15, 0.2) is 0 Å². The molecule has 4 nitrogen and oxygen atoms in total. The monoisotopic (exact) mass is 326 g/mol. The second-order valence-electron chi connectivity index (χ2n) is 5.95. The third kappa shape index (κ3) is 4.45. The topological polar surface area (TPSA) is 55.6 Å². The van der Waals surface area contributed by atoms with Crippen LogP contribution in [0.3, 0.4) is 0 Å². The summed E-state index contributed by atoms with van der Waals surface area (Å²) in [4.78, 5) is 14.6. The first-order valence-corrected chi connectivity index (χ1v) is 7.77. The van der Waals surface area contributed by atoms with E-state index in [4.69, 9.17) is 10.5 Å². The Kier molecular flexibility index (Phi) is 7.33. The van der Waals surface area contributed by atoms with Crippen LogP contribution in [0.2, 0.25) is 0 Å². The largest absolute Gasteiger partial charge is 0.372 e. The van der Waals surface area contributed by atoms with Gasteiger partial charge in [0.1, 0.15) is 0 Å². The van der Waals surface area contributed by atoms with Crippen LogP contribution in [0.5, 0.6) is 0 Å². The van der Waals surface area contributed by atoms with Crippen LogP contribution in [0.4, 0.5) is 0 Å². The van der Waals surface area contributed by atoms with E-state index in [2.05, 4.69) is 6.92 Å². The zero-order chi connectivity index (χ0) is 15.4. The van der Waals surface area contributed by atoms with Crippen molar-refractivity contribution in [1.29, 1.82) is 0 Å². The lowest BCUT2D eigenvalue weighted by atomic mass is 9.93. The van der Waals surface area contributed by atoms with Crippen molar-refractivity contribution in [3.8, 4) is 0 Å². The predicted octanol–water partition coefficient (Wildman–Crippen LogP) is 2.77. The van der Waals surface area contributed by atoms with Crippen molar-refractivity contribution >= 4 is 18.3 Å². The van der Waals surface area contributed by atoms with Crippen LogP contribution in [0.1, 0.15) is 38.8 Å². The molecule has 0 radical (unpaired) electrons. The van der Waals surface area contributed by atoms with Gasteiger partial charge in [-0.15, -0.1) is 12.4 Å². The summed E-state index contributed by atoms with van der Waals surface area (Å²) in [6.45, 7) is 7.35. The average molecular weight is 327 g/mol. The van der Waals surface area contributed by atoms with E-state index in [-0.39, 0.29) is 42.5 Å². The highest BCUT2D eigenvalue weighted by atomic mass is 35.5. The lowest BCUT2D eigenvalue weighted by molar-refractivity contribution is -0.148. The molecule has 1 saturated heterocycles. The molecule has 0 aliphatic carbocycles. The molecule has 0 bridgehead atoms. The molecule has 2 rings (SSSR count). The van der Waals surface area contributed by atoms with Gasteiger partial charge >= 0.3 is 0 Å². The number of rotatable bonds is 4. The number of amides is 1. The number of nitrogens with zero attached hydrogens (tertiary/aromatic N) is 1. The average Bonchev–Trinajstić information content (AvgIpc) is 2.52. The smallest absolute Gasteiger partial charge is 0.227 e. The first-order chi connectivity index (χ1) is 10.0. The Balaban J connectivity index is 0.00000242. The van der Waals surface area contributed by atoms with Gasteiger partial charge < -0.3 is 15.4 Å². The maximum Gasteiger partial charge on any atom is 0.227 e. The molecule has 22 heavy (non-hydrogen) atoms. The minimum Gasteiger partial charge on any atom is -0.372 e. The number of ether oxygens (including phenoxy) is 1. The minimum atomic E-state index is -0.267. The zero-order valence-corrected chi connectivity index (χ0v) is 14.4. The van der Waals surface area contributed by atoms with Crippen LogP contribution in [0, 0.1) is 5.92 Å². The third-order valence-electron chi connectivity index (χ3n) is 4.21. The summed E-state index contributed by atoms with van der Waals surface area (Å²) in [5, 5.41) is 0. The fourth-order valence-corrected chi connectivity index (χ4v) is 2.86. The van der Waals surface area contributed by atoms with Gasteiger partial charge in [-0.3, -0.25) is 4.79 Å². The molecule has 1 amide bonds. The van der Waals surface area contributed by atoms with Crippen molar-refractivity contribution in [2.45, 2.75) is 45.4 Å². The highest BCUT2D eigenvalue weighted by Crippen LogP contribution is 2.23. The number of hydrogen-bond acceptors (Lipinski definition) is 3. The fourth-order valence-electron chi connectivity index (χ4n) is 2.86. The molecule has 4 unspecified atom stereocenters. The van der Waals surface area contributed by atoms with Gasteiger partial charge in [-0.05, 0) is 18.9 Å². The minimum absolute atomic E-state index is 0. The second-order valence-corrected chi connectivity index (χ2v) is 5.95. The Morgan fingerprint density at radius 3 is 2.59 bits per heavy atom. The fraction of sp³-hybridized carbons (Fsp3) is 0.588. The predicted molar refractivity (Wildman–Crippen MR) is 91.0 cm³/mol. The van der Waals surface area contributed by atoms with Gasteiger partial charge in [-0.1, -0.05) is 44.2 Å². The van der Waals surface area contributed by atoms with Crippen molar-refractivity contribution in [1.82, 2.24) is 4.90 Å². The van der Waals surface area contributed by atoms with Crippen LogP contribution in [0.15, 0.2) is 30.3 Å². The van der Waals surface area contributed by atoms with Crippen LogP contribution in [-0.2, 0) is 9.53 Å². The Morgan fingerprint density at radius 1 is 1.36 bits per heavy atom. The summed E-state index contributed by atoms with van der Waals surface area (Å²) in [6, 6.07) is 9.55. The van der Waals surface area contributed by atoms with Gasteiger partial charge in [-0.2, -0.15) is 0 Å². The molecular weight excluding hydrogens is 300 g/mol. The Labute approximate surface area is 139 Å². The number of halogens is 1. The molecule has 1 aliphatic heterocycles. The summed E-state index contributed by atoms with van der Waals surface area (Å²) in [7, 11) is 0. The SMILES string of the molecule is CCC1CN(C(=O)C(C)C(N)c2ccccc2)CC(C)O1.Cl. The van der Waals surface area contributed by atoms with E-state index in [1.165, 1.54) is 0 Å². The molecule has 0 aromatic heterocycles. The second kappa shape index (κ2) is 8.51. The van der Waals surface area contributed by atoms with E-state index in [0.717, 1.165) is 12.0 Å². The van der Waals surface area contributed by atoms with Crippen molar-refractivity contribution in [2.75, 3.05) is 13.1 Å². The summed E-state index contributed by atoms with van der Waals surface area (Å²) in [6.07, 6.45) is 1.15. The van der Waals surface area contributed by atoms with Gasteiger partial charge in [0, 0.05) is 19.1 Å². The molecule has 2 N–H and O–H groups in total.